The van der Waals surface area contributed by atoms with Gasteiger partial charge in [-0.15, -0.1) is 0 Å². The average Bonchev–Trinajstić information content (AvgIpc) is 2.80. The van der Waals surface area contributed by atoms with Crippen LogP contribution in [-0.2, 0) is 16.0 Å². The van der Waals surface area contributed by atoms with Gasteiger partial charge in [-0.2, -0.15) is 4.98 Å². The highest BCUT2D eigenvalue weighted by Gasteiger charge is 2.05. The van der Waals surface area contributed by atoms with Gasteiger partial charge >= 0.3 is 12.0 Å². The first-order chi connectivity index (χ1) is 8.22. The van der Waals surface area contributed by atoms with Crippen molar-refractivity contribution in [3.8, 4) is 0 Å². The van der Waals surface area contributed by atoms with Crippen molar-refractivity contribution >= 4 is 12.0 Å². The van der Waals surface area contributed by atoms with Crippen LogP contribution in [0.5, 0.6) is 0 Å². The van der Waals surface area contributed by atoms with Gasteiger partial charge in [-0.05, 0) is 6.92 Å². The van der Waals surface area contributed by atoms with Crippen LogP contribution < -0.4 is 10.6 Å². The van der Waals surface area contributed by atoms with Gasteiger partial charge in [0.05, 0.1) is 6.61 Å². The number of hydrogen-bond donors (Lipinski definition) is 2. The molecule has 0 aromatic carbocycles. The molecular weight excluding hydrogens is 228 g/mol. The molecule has 0 saturated heterocycles. The van der Waals surface area contributed by atoms with E-state index in [1.807, 2.05) is 0 Å². The van der Waals surface area contributed by atoms with E-state index in [2.05, 4.69) is 30.0 Å². The maximum Gasteiger partial charge on any atom is 0.325 e. The molecule has 0 saturated carbocycles. The van der Waals surface area contributed by atoms with E-state index in [1.54, 1.807) is 6.92 Å². The maximum absolute atomic E-state index is 11.2. The van der Waals surface area contributed by atoms with Crippen molar-refractivity contribution < 1.29 is 18.8 Å². The van der Waals surface area contributed by atoms with E-state index in [4.69, 9.17) is 0 Å². The molecule has 8 nitrogen and oxygen atoms in total. The third kappa shape index (κ3) is 5.50. The minimum atomic E-state index is -0.471. The molecule has 8 heteroatoms. The molecule has 0 fully saturated rings. The molecule has 0 radical (unpaired) electrons. The van der Waals surface area contributed by atoms with Gasteiger partial charge in [0, 0.05) is 13.0 Å². The highest BCUT2D eigenvalue weighted by Crippen LogP contribution is 1.87. The van der Waals surface area contributed by atoms with E-state index in [9.17, 15) is 9.59 Å². The third-order valence-corrected chi connectivity index (χ3v) is 1.74. The van der Waals surface area contributed by atoms with Gasteiger partial charge in [0.25, 0.3) is 0 Å². The van der Waals surface area contributed by atoms with Crippen LogP contribution >= 0.6 is 0 Å². The normalized spacial score (nSPS) is 9.71. The zero-order valence-corrected chi connectivity index (χ0v) is 9.43. The summed E-state index contributed by atoms with van der Waals surface area (Å²) in [5.74, 6) is 0.0384. The summed E-state index contributed by atoms with van der Waals surface area (Å²) in [7, 11) is 0. The smallest absolute Gasteiger partial charge is 0.325 e. The molecule has 17 heavy (non-hydrogen) atoms. The summed E-state index contributed by atoms with van der Waals surface area (Å²) in [6.45, 7) is 2.19. The van der Waals surface area contributed by atoms with Gasteiger partial charge in [-0.1, -0.05) is 5.16 Å². The Morgan fingerprint density at radius 2 is 2.29 bits per heavy atom. The van der Waals surface area contributed by atoms with Crippen LogP contribution in [0.2, 0.25) is 0 Å². The van der Waals surface area contributed by atoms with E-state index in [-0.39, 0.29) is 6.54 Å². The predicted octanol–water partition coefficient (Wildman–Crippen LogP) is -0.526. The summed E-state index contributed by atoms with van der Waals surface area (Å²) in [5.41, 5.74) is 0. The van der Waals surface area contributed by atoms with Crippen molar-refractivity contribution in [3.05, 3.63) is 12.2 Å². The number of urea groups is 1. The highest BCUT2D eigenvalue weighted by atomic mass is 16.5. The molecule has 2 N–H and O–H groups in total. The zero-order valence-electron chi connectivity index (χ0n) is 9.43. The summed E-state index contributed by atoms with van der Waals surface area (Å²) >= 11 is 0. The van der Waals surface area contributed by atoms with Crippen molar-refractivity contribution in [2.75, 3.05) is 19.7 Å². The molecule has 2 amide bonds. The standard InChI is InChI=1S/C9H14N4O4/c1-2-16-8(14)5-11-9(15)10-4-3-7-12-6-17-13-7/h6H,2-5H2,1H3,(H2,10,11,15). The fraction of sp³-hybridized carbons (Fsp3) is 0.556. The van der Waals surface area contributed by atoms with Crippen LogP contribution in [0, 0.1) is 0 Å². The van der Waals surface area contributed by atoms with Crippen molar-refractivity contribution in [1.29, 1.82) is 0 Å². The molecule has 1 rings (SSSR count). The highest BCUT2D eigenvalue weighted by molar-refractivity contribution is 5.80. The number of nitrogens with zero attached hydrogens (tertiary/aromatic N) is 2. The van der Waals surface area contributed by atoms with Crippen LogP contribution in [0.25, 0.3) is 0 Å². The van der Waals surface area contributed by atoms with Crippen molar-refractivity contribution in [3.63, 3.8) is 0 Å². The van der Waals surface area contributed by atoms with Gasteiger partial charge in [-0.3, -0.25) is 4.79 Å². The van der Waals surface area contributed by atoms with Gasteiger partial charge in [0.1, 0.15) is 6.54 Å². The lowest BCUT2D eigenvalue weighted by Gasteiger charge is -2.05. The first kappa shape index (κ1) is 12.9. The lowest BCUT2D eigenvalue weighted by atomic mass is 10.4. The number of esters is 1. The number of nitrogens with one attached hydrogen (secondary N) is 2. The Hall–Kier alpha value is -2.12. The summed E-state index contributed by atoms with van der Waals surface area (Å²) in [4.78, 5) is 25.9. The molecule has 0 unspecified atom stereocenters. The molecule has 94 valence electrons. The van der Waals surface area contributed by atoms with Crippen LogP contribution in [-0.4, -0.2) is 41.8 Å². The van der Waals surface area contributed by atoms with E-state index in [0.717, 1.165) is 0 Å². The summed E-state index contributed by atoms with van der Waals surface area (Å²) in [5, 5.41) is 8.48. The number of hydrogen-bond acceptors (Lipinski definition) is 6. The van der Waals surface area contributed by atoms with Gasteiger partial charge in [-0.25, -0.2) is 4.79 Å². The number of ether oxygens (including phenoxy) is 1. The Balaban J connectivity index is 2.07. The molecule has 1 aromatic rings. The lowest BCUT2D eigenvalue weighted by molar-refractivity contribution is -0.141. The first-order valence-corrected chi connectivity index (χ1v) is 5.15. The maximum atomic E-state index is 11.2. The van der Waals surface area contributed by atoms with E-state index >= 15 is 0 Å². The molecule has 1 aromatic heterocycles. The molecule has 0 aliphatic rings. The number of rotatable bonds is 6. The zero-order chi connectivity index (χ0) is 12.5. The number of amides is 2. The van der Waals surface area contributed by atoms with Gasteiger partial charge in [0.2, 0.25) is 6.39 Å². The van der Waals surface area contributed by atoms with Crippen molar-refractivity contribution in [2.45, 2.75) is 13.3 Å². The second-order valence-electron chi connectivity index (χ2n) is 3.01. The molecule has 0 spiro atoms. The monoisotopic (exact) mass is 242 g/mol. The summed E-state index contributed by atoms with van der Waals surface area (Å²) < 4.78 is 9.17. The fourth-order valence-corrected chi connectivity index (χ4v) is 1.02. The molecule has 1 heterocycles. The number of carbonyl (C=O) groups excluding carboxylic acids is 2. The summed E-state index contributed by atoms with van der Waals surface area (Å²) in [6, 6.07) is -0.443. The largest absolute Gasteiger partial charge is 0.465 e. The molecule has 0 bridgehead atoms. The Kier molecular flexibility index (Phi) is 5.49. The topological polar surface area (TPSA) is 106 Å². The van der Waals surface area contributed by atoms with Crippen molar-refractivity contribution in [1.82, 2.24) is 20.8 Å². The van der Waals surface area contributed by atoms with E-state index in [1.165, 1.54) is 6.39 Å². The second kappa shape index (κ2) is 7.20. The Bertz CT molecular complexity index is 352. The van der Waals surface area contributed by atoms with Crippen LogP contribution in [0.3, 0.4) is 0 Å². The first-order valence-electron chi connectivity index (χ1n) is 5.15. The molecule has 0 aliphatic carbocycles. The quantitative estimate of drug-likeness (QED) is 0.650. The predicted molar refractivity (Wildman–Crippen MR) is 56.0 cm³/mol. The van der Waals surface area contributed by atoms with Gasteiger partial charge in [0.15, 0.2) is 5.82 Å². The molecule has 0 atom stereocenters. The van der Waals surface area contributed by atoms with Crippen LogP contribution in [0.1, 0.15) is 12.7 Å². The molecular formula is C9H14N4O4. The fourth-order valence-electron chi connectivity index (χ4n) is 1.02. The van der Waals surface area contributed by atoms with Gasteiger partial charge < -0.3 is 19.9 Å². The Morgan fingerprint density at radius 3 is 2.94 bits per heavy atom. The number of carbonyl (C=O) groups is 2. The second-order valence-corrected chi connectivity index (χ2v) is 3.01. The van der Waals surface area contributed by atoms with Crippen LogP contribution in [0.4, 0.5) is 4.79 Å². The van der Waals surface area contributed by atoms with Crippen molar-refractivity contribution in [2.24, 2.45) is 0 Å². The molecule has 0 aliphatic heterocycles. The van der Waals surface area contributed by atoms with E-state index in [0.29, 0.717) is 25.4 Å². The SMILES string of the molecule is CCOC(=O)CNC(=O)NCCc1ncon1. The minimum Gasteiger partial charge on any atom is -0.465 e. The Labute approximate surface area is 97.7 Å². The lowest BCUT2D eigenvalue weighted by Crippen LogP contribution is -2.39. The number of aromatic nitrogens is 2. The minimum absolute atomic E-state index is 0.151. The van der Waals surface area contributed by atoms with E-state index < -0.39 is 12.0 Å². The average molecular weight is 242 g/mol. The summed E-state index contributed by atoms with van der Waals surface area (Å²) in [6.07, 6.45) is 1.68. The van der Waals surface area contributed by atoms with Crippen LogP contribution in [0.15, 0.2) is 10.9 Å². The Morgan fingerprint density at radius 1 is 1.47 bits per heavy atom. The third-order valence-electron chi connectivity index (χ3n) is 1.74.